The molecule has 1 amide bonds. The van der Waals surface area contributed by atoms with Gasteiger partial charge in [0.25, 0.3) is 5.91 Å². The number of ether oxygens (including phenoxy) is 1. The van der Waals surface area contributed by atoms with E-state index >= 15 is 0 Å². The first-order valence-corrected chi connectivity index (χ1v) is 7.41. The van der Waals surface area contributed by atoms with Crippen LogP contribution >= 0.6 is 0 Å². The SMILES string of the molecule is CCN(C(=O)[C@@H](C)Oc1cc(F)ccc1[N+](=O)[O-])c1ccccc1. The summed E-state index contributed by atoms with van der Waals surface area (Å²) < 4.78 is 18.7. The van der Waals surface area contributed by atoms with Crippen LogP contribution in [0.5, 0.6) is 5.75 Å². The van der Waals surface area contributed by atoms with Gasteiger partial charge in [-0.1, -0.05) is 18.2 Å². The third kappa shape index (κ3) is 3.87. The van der Waals surface area contributed by atoms with Crippen molar-refractivity contribution in [2.75, 3.05) is 11.4 Å². The molecule has 1 atom stereocenters. The molecule has 0 aliphatic heterocycles. The lowest BCUT2D eigenvalue weighted by Gasteiger charge is -2.24. The number of para-hydroxylation sites is 1. The zero-order chi connectivity index (χ0) is 17.7. The summed E-state index contributed by atoms with van der Waals surface area (Å²) in [5.74, 6) is -1.32. The van der Waals surface area contributed by atoms with E-state index in [1.807, 2.05) is 13.0 Å². The highest BCUT2D eigenvalue weighted by Gasteiger charge is 2.25. The molecule has 0 aromatic heterocycles. The summed E-state index contributed by atoms with van der Waals surface area (Å²) in [6.07, 6.45) is -1.01. The highest BCUT2D eigenvalue weighted by atomic mass is 19.1. The molecule has 0 spiro atoms. The quantitative estimate of drug-likeness (QED) is 0.599. The molecule has 0 N–H and O–H groups in total. The van der Waals surface area contributed by atoms with Crippen LogP contribution in [0.3, 0.4) is 0 Å². The first-order valence-electron chi connectivity index (χ1n) is 7.41. The molecule has 0 bridgehead atoms. The number of benzene rings is 2. The Labute approximate surface area is 138 Å². The maximum atomic E-state index is 13.4. The third-order valence-corrected chi connectivity index (χ3v) is 3.42. The van der Waals surface area contributed by atoms with Crippen LogP contribution in [-0.4, -0.2) is 23.5 Å². The van der Waals surface area contributed by atoms with E-state index < -0.39 is 16.8 Å². The van der Waals surface area contributed by atoms with Crippen molar-refractivity contribution in [2.45, 2.75) is 20.0 Å². The van der Waals surface area contributed by atoms with Crippen LogP contribution in [0.1, 0.15) is 13.8 Å². The van der Waals surface area contributed by atoms with Crippen molar-refractivity contribution in [3.8, 4) is 5.75 Å². The monoisotopic (exact) mass is 332 g/mol. The van der Waals surface area contributed by atoms with Crippen molar-refractivity contribution in [1.82, 2.24) is 0 Å². The predicted octanol–water partition coefficient (Wildman–Crippen LogP) is 3.55. The van der Waals surface area contributed by atoms with Crippen molar-refractivity contribution >= 4 is 17.3 Å². The van der Waals surface area contributed by atoms with Gasteiger partial charge in [0.15, 0.2) is 6.10 Å². The molecule has 7 heteroatoms. The average Bonchev–Trinajstić information content (AvgIpc) is 2.56. The van der Waals surface area contributed by atoms with E-state index in [1.165, 1.54) is 11.8 Å². The molecule has 0 radical (unpaired) electrons. The Morgan fingerprint density at radius 2 is 1.96 bits per heavy atom. The van der Waals surface area contributed by atoms with Crippen molar-refractivity contribution in [1.29, 1.82) is 0 Å². The van der Waals surface area contributed by atoms with Crippen LogP contribution in [0.2, 0.25) is 0 Å². The maximum absolute atomic E-state index is 13.4. The number of hydrogen-bond donors (Lipinski definition) is 0. The Bertz CT molecular complexity index is 737. The fourth-order valence-electron chi connectivity index (χ4n) is 2.27. The lowest BCUT2D eigenvalue weighted by atomic mass is 10.2. The standard InChI is InChI=1S/C17H17FN2O4/c1-3-19(14-7-5-4-6-8-14)17(21)12(2)24-16-11-13(18)9-10-15(16)20(22)23/h4-12H,3H2,1-2H3/t12-/m1/s1. The average molecular weight is 332 g/mol. The predicted molar refractivity (Wildman–Crippen MR) is 87.6 cm³/mol. The zero-order valence-corrected chi connectivity index (χ0v) is 13.3. The van der Waals surface area contributed by atoms with E-state index in [4.69, 9.17) is 4.74 Å². The molecule has 0 unspecified atom stereocenters. The number of nitrogens with zero attached hydrogens (tertiary/aromatic N) is 2. The second-order valence-electron chi connectivity index (χ2n) is 5.05. The zero-order valence-electron chi connectivity index (χ0n) is 13.3. The summed E-state index contributed by atoms with van der Waals surface area (Å²) in [7, 11) is 0. The summed E-state index contributed by atoms with van der Waals surface area (Å²) in [5.41, 5.74) is 0.299. The van der Waals surface area contributed by atoms with E-state index in [2.05, 4.69) is 0 Å². The highest BCUT2D eigenvalue weighted by Crippen LogP contribution is 2.29. The number of nitro benzene ring substituents is 1. The van der Waals surface area contributed by atoms with Gasteiger partial charge in [0.05, 0.1) is 4.92 Å². The minimum absolute atomic E-state index is 0.273. The highest BCUT2D eigenvalue weighted by molar-refractivity contribution is 5.96. The number of carbonyl (C=O) groups is 1. The number of rotatable bonds is 6. The Kier molecular flexibility index (Phi) is 5.47. The molecule has 0 aliphatic rings. The van der Waals surface area contributed by atoms with Crippen molar-refractivity contribution in [3.05, 3.63) is 64.5 Å². The molecule has 2 aromatic carbocycles. The fraction of sp³-hybridized carbons (Fsp3) is 0.235. The molecule has 24 heavy (non-hydrogen) atoms. The van der Waals surface area contributed by atoms with E-state index in [-0.39, 0.29) is 17.3 Å². The Hall–Kier alpha value is -2.96. The second kappa shape index (κ2) is 7.54. The Morgan fingerprint density at radius 3 is 2.54 bits per heavy atom. The largest absolute Gasteiger partial charge is 0.474 e. The van der Waals surface area contributed by atoms with Crippen LogP contribution in [0.25, 0.3) is 0 Å². The number of hydrogen-bond acceptors (Lipinski definition) is 4. The smallest absolute Gasteiger partial charge is 0.311 e. The number of carbonyl (C=O) groups excluding carboxylic acids is 1. The van der Waals surface area contributed by atoms with Gasteiger partial charge in [-0.2, -0.15) is 0 Å². The lowest BCUT2D eigenvalue weighted by Crippen LogP contribution is -2.40. The van der Waals surface area contributed by atoms with Crippen LogP contribution in [0.15, 0.2) is 48.5 Å². The first kappa shape index (κ1) is 17.4. The molecular weight excluding hydrogens is 315 g/mol. The molecule has 0 saturated carbocycles. The number of anilines is 1. The van der Waals surface area contributed by atoms with Crippen molar-refractivity contribution in [3.63, 3.8) is 0 Å². The number of nitro groups is 1. The van der Waals surface area contributed by atoms with Gasteiger partial charge < -0.3 is 9.64 Å². The van der Waals surface area contributed by atoms with Gasteiger partial charge >= 0.3 is 5.69 Å². The number of likely N-dealkylation sites (N-methyl/N-ethyl adjacent to an activating group) is 1. The summed E-state index contributed by atoms with van der Waals surface area (Å²) in [6, 6.07) is 11.9. The normalized spacial score (nSPS) is 11.6. The van der Waals surface area contributed by atoms with Gasteiger partial charge in [-0.05, 0) is 32.0 Å². The minimum atomic E-state index is -1.01. The van der Waals surface area contributed by atoms with Crippen LogP contribution in [0, 0.1) is 15.9 Å². The summed E-state index contributed by atoms with van der Waals surface area (Å²) in [5, 5.41) is 11.0. The Morgan fingerprint density at radius 1 is 1.29 bits per heavy atom. The van der Waals surface area contributed by atoms with Gasteiger partial charge in [-0.3, -0.25) is 14.9 Å². The second-order valence-corrected chi connectivity index (χ2v) is 5.05. The number of amides is 1. The van der Waals surface area contributed by atoms with Gasteiger partial charge in [0.1, 0.15) is 5.82 Å². The molecule has 0 saturated heterocycles. The Balaban J connectivity index is 2.23. The summed E-state index contributed by atoms with van der Waals surface area (Å²) in [4.78, 5) is 24.4. The minimum Gasteiger partial charge on any atom is -0.474 e. The molecule has 0 aliphatic carbocycles. The van der Waals surface area contributed by atoms with Gasteiger partial charge in [-0.25, -0.2) is 4.39 Å². The van der Waals surface area contributed by atoms with Crippen LogP contribution < -0.4 is 9.64 Å². The fourth-order valence-corrected chi connectivity index (χ4v) is 2.27. The molecule has 2 rings (SSSR count). The molecule has 0 heterocycles. The van der Waals surface area contributed by atoms with E-state index in [0.29, 0.717) is 12.2 Å². The molecule has 0 fully saturated rings. The van der Waals surface area contributed by atoms with Crippen LogP contribution in [0.4, 0.5) is 15.8 Å². The summed E-state index contributed by atoms with van der Waals surface area (Å²) >= 11 is 0. The lowest BCUT2D eigenvalue weighted by molar-refractivity contribution is -0.386. The van der Waals surface area contributed by atoms with Crippen LogP contribution in [-0.2, 0) is 4.79 Å². The number of halogens is 1. The molecular formula is C17H17FN2O4. The van der Waals surface area contributed by atoms with Gasteiger partial charge in [0.2, 0.25) is 5.75 Å². The van der Waals surface area contributed by atoms with E-state index in [1.54, 1.807) is 24.3 Å². The maximum Gasteiger partial charge on any atom is 0.311 e. The first-order chi connectivity index (χ1) is 11.4. The van der Waals surface area contributed by atoms with Gasteiger partial charge in [0, 0.05) is 24.4 Å². The third-order valence-electron chi connectivity index (χ3n) is 3.42. The van der Waals surface area contributed by atoms with E-state index in [0.717, 1.165) is 18.2 Å². The molecule has 2 aromatic rings. The summed E-state index contributed by atoms with van der Waals surface area (Å²) in [6.45, 7) is 3.69. The van der Waals surface area contributed by atoms with E-state index in [9.17, 15) is 19.3 Å². The molecule has 126 valence electrons. The van der Waals surface area contributed by atoms with Crippen molar-refractivity contribution in [2.24, 2.45) is 0 Å². The van der Waals surface area contributed by atoms with Gasteiger partial charge in [-0.15, -0.1) is 0 Å². The van der Waals surface area contributed by atoms with Crippen molar-refractivity contribution < 1.29 is 18.8 Å². The topological polar surface area (TPSA) is 72.7 Å². The molecule has 6 nitrogen and oxygen atoms in total.